The fourth-order valence-electron chi connectivity index (χ4n) is 1.95. The lowest BCUT2D eigenvalue weighted by Crippen LogP contribution is -2.40. The molecule has 0 amide bonds. The van der Waals surface area contributed by atoms with Crippen LogP contribution in [0.1, 0.15) is 53.4 Å². The molecule has 0 heterocycles. The predicted octanol–water partition coefficient (Wildman–Crippen LogP) is 3.22. The van der Waals surface area contributed by atoms with Crippen molar-refractivity contribution in [3.8, 4) is 0 Å². The molecule has 3 atom stereocenters. The van der Waals surface area contributed by atoms with Gasteiger partial charge in [-0.3, -0.25) is 0 Å². The van der Waals surface area contributed by atoms with Crippen molar-refractivity contribution < 1.29 is 4.74 Å². The molecule has 3 unspecified atom stereocenters. The van der Waals surface area contributed by atoms with Crippen LogP contribution < -0.4 is 5.32 Å². The third-order valence-electron chi connectivity index (χ3n) is 3.13. The van der Waals surface area contributed by atoms with Crippen LogP contribution >= 0.6 is 0 Å². The number of ether oxygens (including phenoxy) is 1. The molecule has 0 aromatic heterocycles. The maximum absolute atomic E-state index is 5.82. The lowest BCUT2D eigenvalue weighted by Gasteiger charge is -2.28. The van der Waals surface area contributed by atoms with E-state index in [-0.39, 0.29) is 0 Å². The summed E-state index contributed by atoms with van der Waals surface area (Å²) >= 11 is 0. The topological polar surface area (TPSA) is 21.3 Å². The molecular weight excluding hydrogens is 186 g/mol. The fourth-order valence-corrected chi connectivity index (χ4v) is 1.95. The van der Waals surface area contributed by atoms with E-state index >= 15 is 0 Å². The average Bonchev–Trinajstić information content (AvgIpc) is 2.25. The highest BCUT2D eigenvalue weighted by molar-refractivity contribution is 4.77. The van der Waals surface area contributed by atoms with Crippen LogP contribution in [0.4, 0.5) is 0 Å². The van der Waals surface area contributed by atoms with E-state index in [1.807, 2.05) is 0 Å². The Morgan fingerprint density at radius 2 is 1.87 bits per heavy atom. The second kappa shape index (κ2) is 9.17. The Hall–Kier alpha value is -0.0800. The molecule has 0 aliphatic heterocycles. The fraction of sp³-hybridized carbons (Fsp3) is 1.00. The van der Waals surface area contributed by atoms with Crippen LogP contribution in [0.2, 0.25) is 0 Å². The van der Waals surface area contributed by atoms with E-state index in [4.69, 9.17) is 4.74 Å². The van der Waals surface area contributed by atoms with Crippen molar-refractivity contribution >= 4 is 0 Å². The standard InChI is InChI=1S/C13H29NO/c1-6-9-13(15-8-3)12(14-5)10-11(4)7-2/h11-14H,6-10H2,1-5H3. The van der Waals surface area contributed by atoms with Crippen LogP contribution in [-0.2, 0) is 4.74 Å². The molecule has 2 nitrogen and oxygen atoms in total. The molecule has 0 saturated heterocycles. The van der Waals surface area contributed by atoms with Gasteiger partial charge >= 0.3 is 0 Å². The van der Waals surface area contributed by atoms with E-state index in [9.17, 15) is 0 Å². The quantitative estimate of drug-likeness (QED) is 0.637. The zero-order chi connectivity index (χ0) is 11.7. The molecule has 0 rings (SSSR count). The van der Waals surface area contributed by atoms with Crippen LogP contribution in [0.3, 0.4) is 0 Å². The van der Waals surface area contributed by atoms with E-state index < -0.39 is 0 Å². The van der Waals surface area contributed by atoms with Gasteiger partial charge in [0, 0.05) is 12.6 Å². The summed E-state index contributed by atoms with van der Waals surface area (Å²) in [5.41, 5.74) is 0. The average molecular weight is 215 g/mol. The minimum atomic E-state index is 0.388. The number of hydrogen-bond acceptors (Lipinski definition) is 2. The molecule has 0 fully saturated rings. The monoisotopic (exact) mass is 215 g/mol. The molecule has 0 spiro atoms. The Morgan fingerprint density at radius 1 is 1.20 bits per heavy atom. The zero-order valence-electron chi connectivity index (χ0n) is 11.2. The molecule has 0 aliphatic carbocycles. The van der Waals surface area contributed by atoms with Crippen molar-refractivity contribution in [1.29, 1.82) is 0 Å². The van der Waals surface area contributed by atoms with Crippen LogP contribution in [0.5, 0.6) is 0 Å². The van der Waals surface area contributed by atoms with Crippen molar-refractivity contribution in [2.24, 2.45) is 5.92 Å². The third kappa shape index (κ3) is 6.16. The number of nitrogens with one attached hydrogen (secondary N) is 1. The summed E-state index contributed by atoms with van der Waals surface area (Å²) in [5.74, 6) is 0.780. The molecule has 0 aliphatic rings. The van der Waals surface area contributed by atoms with E-state index in [1.54, 1.807) is 0 Å². The molecule has 0 saturated carbocycles. The van der Waals surface area contributed by atoms with Crippen molar-refractivity contribution in [2.45, 2.75) is 65.5 Å². The molecule has 15 heavy (non-hydrogen) atoms. The molecule has 1 N–H and O–H groups in total. The SMILES string of the molecule is CCCC(OCC)C(CC(C)CC)NC. The molecule has 92 valence electrons. The maximum Gasteiger partial charge on any atom is 0.0727 e. The zero-order valence-corrected chi connectivity index (χ0v) is 11.2. The third-order valence-corrected chi connectivity index (χ3v) is 3.13. The van der Waals surface area contributed by atoms with Gasteiger partial charge in [-0.25, -0.2) is 0 Å². The highest BCUT2D eigenvalue weighted by Crippen LogP contribution is 2.17. The van der Waals surface area contributed by atoms with Gasteiger partial charge in [0.15, 0.2) is 0 Å². The first-order valence-corrected chi connectivity index (χ1v) is 6.48. The molecule has 0 aromatic rings. The highest BCUT2D eigenvalue weighted by Gasteiger charge is 2.20. The van der Waals surface area contributed by atoms with Gasteiger partial charge in [0.05, 0.1) is 6.10 Å². The minimum Gasteiger partial charge on any atom is -0.377 e. The lowest BCUT2D eigenvalue weighted by molar-refractivity contribution is 0.0241. The Balaban J connectivity index is 4.16. The van der Waals surface area contributed by atoms with Gasteiger partial charge in [-0.2, -0.15) is 0 Å². The van der Waals surface area contributed by atoms with Gasteiger partial charge in [0.1, 0.15) is 0 Å². The number of likely N-dealkylation sites (N-methyl/N-ethyl adjacent to an activating group) is 1. The van der Waals surface area contributed by atoms with Crippen molar-refractivity contribution in [1.82, 2.24) is 5.32 Å². The minimum absolute atomic E-state index is 0.388. The van der Waals surface area contributed by atoms with Crippen LogP contribution in [0.25, 0.3) is 0 Å². The first-order valence-electron chi connectivity index (χ1n) is 6.48. The summed E-state index contributed by atoms with van der Waals surface area (Å²) in [5, 5.41) is 3.41. The summed E-state index contributed by atoms with van der Waals surface area (Å²) in [7, 11) is 2.05. The molecule has 0 bridgehead atoms. The molecular formula is C13H29NO. The van der Waals surface area contributed by atoms with Gasteiger partial charge in [0.25, 0.3) is 0 Å². The van der Waals surface area contributed by atoms with Crippen molar-refractivity contribution in [2.75, 3.05) is 13.7 Å². The summed E-state index contributed by atoms with van der Waals surface area (Å²) in [6.45, 7) is 9.70. The smallest absolute Gasteiger partial charge is 0.0727 e. The first-order chi connectivity index (χ1) is 7.19. The Bertz CT molecular complexity index is 132. The first kappa shape index (κ1) is 14.9. The van der Waals surface area contributed by atoms with Crippen LogP contribution in [-0.4, -0.2) is 25.8 Å². The maximum atomic E-state index is 5.82. The Morgan fingerprint density at radius 3 is 2.27 bits per heavy atom. The predicted molar refractivity (Wildman–Crippen MR) is 67.2 cm³/mol. The molecule has 0 aromatic carbocycles. The molecule has 2 heteroatoms. The Labute approximate surface area is 95.8 Å². The Kier molecular flexibility index (Phi) is 9.12. The summed E-state index contributed by atoms with van der Waals surface area (Å²) in [6, 6.07) is 0.514. The summed E-state index contributed by atoms with van der Waals surface area (Å²) in [4.78, 5) is 0. The van der Waals surface area contributed by atoms with Gasteiger partial charge in [-0.05, 0) is 32.7 Å². The van der Waals surface area contributed by atoms with Gasteiger partial charge in [-0.1, -0.05) is 33.6 Å². The molecule has 0 radical (unpaired) electrons. The van der Waals surface area contributed by atoms with Gasteiger partial charge in [-0.15, -0.1) is 0 Å². The van der Waals surface area contributed by atoms with Crippen molar-refractivity contribution in [3.05, 3.63) is 0 Å². The van der Waals surface area contributed by atoms with E-state index in [1.165, 1.54) is 19.3 Å². The largest absolute Gasteiger partial charge is 0.377 e. The second-order valence-electron chi connectivity index (χ2n) is 4.43. The van der Waals surface area contributed by atoms with Gasteiger partial charge < -0.3 is 10.1 Å². The van der Waals surface area contributed by atoms with Gasteiger partial charge in [0.2, 0.25) is 0 Å². The van der Waals surface area contributed by atoms with E-state index in [0.29, 0.717) is 12.1 Å². The highest BCUT2D eigenvalue weighted by atomic mass is 16.5. The number of rotatable bonds is 9. The summed E-state index contributed by atoms with van der Waals surface area (Å²) < 4.78 is 5.82. The number of hydrogen-bond donors (Lipinski definition) is 1. The van der Waals surface area contributed by atoms with E-state index in [2.05, 4.69) is 40.1 Å². The summed E-state index contributed by atoms with van der Waals surface area (Å²) in [6.07, 6.45) is 5.22. The van der Waals surface area contributed by atoms with Crippen LogP contribution in [0, 0.1) is 5.92 Å². The van der Waals surface area contributed by atoms with Crippen molar-refractivity contribution in [3.63, 3.8) is 0 Å². The van der Waals surface area contributed by atoms with E-state index in [0.717, 1.165) is 18.9 Å². The van der Waals surface area contributed by atoms with Crippen LogP contribution in [0.15, 0.2) is 0 Å². The normalized spacial score (nSPS) is 17.4. The second-order valence-corrected chi connectivity index (χ2v) is 4.43. The lowest BCUT2D eigenvalue weighted by atomic mass is 9.94.